The molecule has 0 spiro atoms. The molecular formula is C20H18ClN5O2S2. The third-order valence-electron chi connectivity index (χ3n) is 4.74. The fourth-order valence-electron chi connectivity index (χ4n) is 3.14. The van der Waals surface area contributed by atoms with Gasteiger partial charge in [-0.3, -0.25) is 19.5 Å². The lowest BCUT2D eigenvalue weighted by molar-refractivity contribution is -0.118. The van der Waals surface area contributed by atoms with Crippen LogP contribution >= 0.6 is 34.3 Å². The second kappa shape index (κ2) is 8.25. The van der Waals surface area contributed by atoms with Crippen LogP contribution < -0.4 is 10.9 Å². The summed E-state index contributed by atoms with van der Waals surface area (Å²) < 4.78 is 1.35. The van der Waals surface area contributed by atoms with Gasteiger partial charge in [-0.25, -0.2) is 4.98 Å². The normalized spacial score (nSPS) is 12.3. The van der Waals surface area contributed by atoms with Crippen molar-refractivity contribution in [3.8, 4) is 11.1 Å². The molecule has 3 heterocycles. The number of halogens is 1. The molecule has 0 aliphatic carbocycles. The van der Waals surface area contributed by atoms with Crippen LogP contribution in [0, 0.1) is 6.92 Å². The van der Waals surface area contributed by atoms with Crippen molar-refractivity contribution in [3.05, 3.63) is 55.9 Å². The molecule has 4 aromatic rings. The first kappa shape index (κ1) is 20.6. The SMILES string of the molecule is CCc1nnc(NC(=O)C(C)n2cnc3sc(C)c(-c4ccc(Cl)cc4)c3c2=O)s1. The molecule has 0 fully saturated rings. The summed E-state index contributed by atoms with van der Waals surface area (Å²) in [6.45, 7) is 5.58. The van der Waals surface area contributed by atoms with Gasteiger partial charge in [0.15, 0.2) is 0 Å². The summed E-state index contributed by atoms with van der Waals surface area (Å²) in [5, 5.41) is 13.1. The zero-order chi connectivity index (χ0) is 21.4. The Hall–Kier alpha value is -2.62. The van der Waals surface area contributed by atoms with Gasteiger partial charge in [0.25, 0.3) is 5.56 Å². The van der Waals surface area contributed by atoms with Crippen molar-refractivity contribution in [2.75, 3.05) is 5.32 Å². The van der Waals surface area contributed by atoms with E-state index in [4.69, 9.17) is 11.6 Å². The molecule has 1 atom stereocenters. The van der Waals surface area contributed by atoms with Crippen molar-refractivity contribution in [2.24, 2.45) is 0 Å². The second-order valence-electron chi connectivity index (χ2n) is 6.70. The number of thiophene rings is 1. The van der Waals surface area contributed by atoms with E-state index in [1.165, 1.54) is 33.6 Å². The van der Waals surface area contributed by atoms with E-state index in [-0.39, 0.29) is 11.5 Å². The van der Waals surface area contributed by atoms with Crippen molar-refractivity contribution in [1.82, 2.24) is 19.7 Å². The molecule has 1 unspecified atom stereocenters. The molecule has 4 rings (SSSR count). The van der Waals surface area contributed by atoms with Crippen LogP contribution in [0.5, 0.6) is 0 Å². The molecule has 1 amide bonds. The molecule has 0 saturated heterocycles. The van der Waals surface area contributed by atoms with E-state index < -0.39 is 6.04 Å². The maximum atomic E-state index is 13.3. The quantitative estimate of drug-likeness (QED) is 0.467. The van der Waals surface area contributed by atoms with Crippen LogP contribution in [-0.2, 0) is 11.2 Å². The summed E-state index contributed by atoms with van der Waals surface area (Å²) in [4.78, 5) is 32.1. The molecule has 30 heavy (non-hydrogen) atoms. The number of benzene rings is 1. The summed E-state index contributed by atoms with van der Waals surface area (Å²) >= 11 is 8.79. The number of carbonyl (C=O) groups excluding carboxylic acids is 1. The Labute approximate surface area is 185 Å². The second-order valence-corrected chi connectivity index (χ2v) is 9.40. The van der Waals surface area contributed by atoms with Crippen LogP contribution in [0.25, 0.3) is 21.3 Å². The number of anilines is 1. The Kier molecular flexibility index (Phi) is 5.68. The summed E-state index contributed by atoms with van der Waals surface area (Å²) in [5.74, 6) is -0.350. The number of nitrogens with zero attached hydrogens (tertiary/aromatic N) is 4. The van der Waals surface area contributed by atoms with Gasteiger partial charge in [-0.2, -0.15) is 0 Å². The van der Waals surface area contributed by atoms with Crippen LogP contribution in [0.1, 0.15) is 29.8 Å². The molecule has 0 bridgehead atoms. The molecule has 1 aromatic carbocycles. The fourth-order valence-corrected chi connectivity index (χ4v) is 4.95. The predicted molar refractivity (Wildman–Crippen MR) is 122 cm³/mol. The fraction of sp³-hybridized carbons (Fsp3) is 0.250. The van der Waals surface area contributed by atoms with E-state index in [2.05, 4.69) is 20.5 Å². The Morgan fingerprint density at radius 2 is 1.97 bits per heavy atom. The van der Waals surface area contributed by atoms with Crippen LogP contribution in [0.4, 0.5) is 5.13 Å². The van der Waals surface area contributed by atoms with E-state index in [9.17, 15) is 9.59 Å². The minimum absolute atomic E-state index is 0.261. The average Bonchev–Trinajstić information content (AvgIpc) is 3.32. The van der Waals surface area contributed by atoms with Gasteiger partial charge in [0.2, 0.25) is 11.0 Å². The first-order valence-corrected chi connectivity index (χ1v) is 11.3. The highest BCUT2D eigenvalue weighted by atomic mass is 35.5. The van der Waals surface area contributed by atoms with Gasteiger partial charge < -0.3 is 0 Å². The van der Waals surface area contributed by atoms with Gasteiger partial charge in [0.05, 0.1) is 11.7 Å². The van der Waals surface area contributed by atoms with Crippen LogP contribution in [0.2, 0.25) is 5.02 Å². The average molecular weight is 460 g/mol. The number of hydrogen-bond acceptors (Lipinski definition) is 7. The number of fused-ring (bicyclic) bond motifs is 1. The summed E-state index contributed by atoms with van der Waals surface area (Å²) in [6.07, 6.45) is 2.17. The number of amides is 1. The summed E-state index contributed by atoms with van der Waals surface area (Å²) in [5.41, 5.74) is 1.45. The molecule has 0 saturated carbocycles. The minimum Gasteiger partial charge on any atom is -0.299 e. The van der Waals surface area contributed by atoms with E-state index in [0.717, 1.165) is 27.4 Å². The predicted octanol–water partition coefficient (Wildman–Crippen LogP) is 4.70. The molecule has 1 N–H and O–H groups in total. The summed E-state index contributed by atoms with van der Waals surface area (Å²) in [7, 11) is 0. The number of aryl methyl sites for hydroxylation is 2. The number of hydrogen-bond donors (Lipinski definition) is 1. The third-order valence-corrected chi connectivity index (χ3v) is 6.99. The highest BCUT2D eigenvalue weighted by Gasteiger charge is 2.22. The topological polar surface area (TPSA) is 89.8 Å². The molecule has 0 aliphatic rings. The van der Waals surface area contributed by atoms with Crippen molar-refractivity contribution in [1.29, 1.82) is 0 Å². The molecule has 0 radical (unpaired) electrons. The highest BCUT2D eigenvalue weighted by Crippen LogP contribution is 2.36. The zero-order valence-electron chi connectivity index (χ0n) is 16.5. The standard InChI is InChI=1S/C20H18ClN5O2S2/c1-4-14-24-25-20(30-14)23-17(27)10(2)26-9-22-18-16(19(26)28)15(11(3)29-18)12-5-7-13(21)8-6-12/h5-10H,4H2,1-3H3,(H,23,25,27). The lowest BCUT2D eigenvalue weighted by Gasteiger charge is -2.14. The largest absolute Gasteiger partial charge is 0.299 e. The van der Waals surface area contributed by atoms with Gasteiger partial charge >= 0.3 is 0 Å². The van der Waals surface area contributed by atoms with E-state index in [0.29, 0.717) is 20.4 Å². The van der Waals surface area contributed by atoms with E-state index in [1.54, 1.807) is 19.1 Å². The first-order valence-electron chi connectivity index (χ1n) is 9.28. The number of carbonyl (C=O) groups is 1. The molecule has 10 heteroatoms. The zero-order valence-corrected chi connectivity index (χ0v) is 18.9. The van der Waals surface area contributed by atoms with Gasteiger partial charge in [0, 0.05) is 15.5 Å². The van der Waals surface area contributed by atoms with Crippen LogP contribution in [0.3, 0.4) is 0 Å². The van der Waals surface area contributed by atoms with Crippen molar-refractivity contribution >= 4 is 55.5 Å². The molecule has 0 aliphatic heterocycles. The number of rotatable bonds is 5. The molecule has 3 aromatic heterocycles. The highest BCUT2D eigenvalue weighted by molar-refractivity contribution is 7.19. The van der Waals surface area contributed by atoms with E-state index in [1.807, 2.05) is 26.0 Å². The van der Waals surface area contributed by atoms with Crippen molar-refractivity contribution in [3.63, 3.8) is 0 Å². The monoisotopic (exact) mass is 459 g/mol. The lowest BCUT2D eigenvalue weighted by atomic mass is 10.0. The summed E-state index contributed by atoms with van der Waals surface area (Å²) in [6, 6.07) is 6.57. The van der Waals surface area contributed by atoms with Crippen LogP contribution in [0.15, 0.2) is 35.4 Å². The van der Waals surface area contributed by atoms with Gasteiger partial charge in [-0.1, -0.05) is 42.0 Å². The van der Waals surface area contributed by atoms with Crippen molar-refractivity contribution < 1.29 is 4.79 Å². The maximum absolute atomic E-state index is 13.3. The Morgan fingerprint density at radius 1 is 1.23 bits per heavy atom. The van der Waals surface area contributed by atoms with Crippen LogP contribution in [-0.4, -0.2) is 25.7 Å². The Balaban J connectivity index is 1.73. The molecular weight excluding hydrogens is 442 g/mol. The minimum atomic E-state index is -0.762. The van der Waals surface area contributed by atoms with E-state index >= 15 is 0 Å². The Morgan fingerprint density at radius 3 is 2.63 bits per heavy atom. The number of nitrogens with one attached hydrogen (secondary N) is 1. The van der Waals surface area contributed by atoms with Crippen molar-refractivity contribution in [2.45, 2.75) is 33.2 Å². The molecule has 154 valence electrons. The Bertz CT molecular complexity index is 1290. The maximum Gasteiger partial charge on any atom is 0.263 e. The number of aromatic nitrogens is 4. The van der Waals surface area contributed by atoms with Gasteiger partial charge in [0.1, 0.15) is 15.9 Å². The lowest BCUT2D eigenvalue weighted by Crippen LogP contribution is -2.31. The third kappa shape index (κ3) is 3.76. The van der Waals surface area contributed by atoms with Gasteiger partial charge in [-0.15, -0.1) is 21.5 Å². The first-order chi connectivity index (χ1) is 14.4. The van der Waals surface area contributed by atoms with Gasteiger partial charge in [-0.05, 0) is 38.0 Å². The molecule has 7 nitrogen and oxygen atoms in total. The smallest absolute Gasteiger partial charge is 0.263 e.